The van der Waals surface area contributed by atoms with E-state index >= 15 is 0 Å². The zero-order valence-corrected chi connectivity index (χ0v) is 15.0. The van der Waals surface area contributed by atoms with E-state index in [0.717, 1.165) is 22.4 Å². The molecule has 0 aliphatic heterocycles. The van der Waals surface area contributed by atoms with Crippen LogP contribution in [0.3, 0.4) is 0 Å². The first-order valence-corrected chi connectivity index (χ1v) is 9.28. The molecule has 2 heterocycles. The second-order valence-electron chi connectivity index (χ2n) is 5.42. The van der Waals surface area contributed by atoms with Crippen LogP contribution in [0, 0.1) is 5.92 Å². The molecule has 0 aromatic carbocycles. The molecule has 22 heavy (non-hydrogen) atoms. The van der Waals surface area contributed by atoms with Gasteiger partial charge in [0.25, 0.3) is 0 Å². The Kier molecular flexibility index (Phi) is 6.02. The number of hydrogen-bond acceptors (Lipinski definition) is 5. The smallest absolute Gasteiger partial charge is 0.230 e. The summed E-state index contributed by atoms with van der Waals surface area (Å²) in [6.45, 7) is 9.06. The lowest BCUT2D eigenvalue weighted by atomic mass is 10.1. The third-order valence-electron chi connectivity index (χ3n) is 3.50. The highest BCUT2D eigenvalue weighted by Gasteiger charge is 2.16. The maximum Gasteiger partial charge on any atom is 0.230 e. The highest BCUT2D eigenvalue weighted by atomic mass is 32.2. The van der Waals surface area contributed by atoms with E-state index in [0.29, 0.717) is 11.7 Å². The first-order valence-electron chi connectivity index (χ1n) is 7.42. The highest BCUT2D eigenvalue weighted by molar-refractivity contribution is 7.99. The van der Waals surface area contributed by atoms with E-state index in [1.54, 1.807) is 11.3 Å². The van der Waals surface area contributed by atoms with Crippen molar-refractivity contribution in [2.24, 2.45) is 5.92 Å². The summed E-state index contributed by atoms with van der Waals surface area (Å²) < 4.78 is 2.05. The molecule has 0 saturated heterocycles. The molecule has 1 atom stereocenters. The summed E-state index contributed by atoms with van der Waals surface area (Å²) in [6.07, 6.45) is 0. The summed E-state index contributed by atoms with van der Waals surface area (Å²) in [7, 11) is 0. The predicted octanol–water partition coefficient (Wildman–Crippen LogP) is 3.28. The minimum absolute atomic E-state index is 0.0366. The Morgan fingerprint density at radius 3 is 2.77 bits per heavy atom. The fourth-order valence-corrected chi connectivity index (χ4v) is 3.39. The summed E-state index contributed by atoms with van der Waals surface area (Å²) in [4.78, 5) is 13.1. The second kappa shape index (κ2) is 7.78. The lowest BCUT2D eigenvalue weighted by Crippen LogP contribution is -2.37. The van der Waals surface area contributed by atoms with Crippen LogP contribution in [-0.4, -0.2) is 32.5 Å². The molecule has 0 bridgehead atoms. The number of amides is 1. The van der Waals surface area contributed by atoms with Gasteiger partial charge in [0.05, 0.1) is 10.6 Å². The van der Waals surface area contributed by atoms with Crippen molar-refractivity contribution >= 4 is 29.0 Å². The Morgan fingerprint density at radius 1 is 1.41 bits per heavy atom. The quantitative estimate of drug-likeness (QED) is 0.787. The average molecular weight is 339 g/mol. The number of nitrogens with one attached hydrogen (secondary N) is 1. The number of thioether (sulfide) groups is 1. The van der Waals surface area contributed by atoms with Crippen molar-refractivity contribution in [1.82, 2.24) is 20.1 Å². The fourth-order valence-electron chi connectivity index (χ4n) is 1.86. The van der Waals surface area contributed by atoms with Gasteiger partial charge in [0, 0.05) is 12.6 Å². The normalized spacial score (nSPS) is 12.6. The molecule has 1 N–H and O–H groups in total. The molecule has 0 spiro atoms. The van der Waals surface area contributed by atoms with Crippen molar-refractivity contribution in [3.63, 3.8) is 0 Å². The molecule has 2 rings (SSSR count). The Hall–Kier alpha value is -1.34. The van der Waals surface area contributed by atoms with Crippen molar-refractivity contribution in [2.75, 3.05) is 5.75 Å². The van der Waals surface area contributed by atoms with Crippen molar-refractivity contribution in [3.05, 3.63) is 17.5 Å². The zero-order chi connectivity index (χ0) is 16.1. The van der Waals surface area contributed by atoms with Crippen LogP contribution in [0.5, 0.6) is 0 Å². The number of aromatic nitrogens is 3. The van der Waals surface area contributed by atoms with E-state index in [9.17, 15) is 4.79 Å². The molecular formula is C15H22N4OS2. The van der Waals surface area contributed by atoms with Gasteiger partial charge in [0.2, 0.25) is 5.91 Å². The maximum atomic E-state index is 12.0. The van der Waals surface area contributed by atoms with Crippen molar-refractivity contribution in [3.8, 4) is 10.7 Å². The van der Waals surface area contributed by atoms with Crippen LogP contribution in [0.2, 0.25) is 0 Å². The lowest BCUT2D eigenvalue weighted by molar-refractivity contribution is -0.119. The molecule has 2 aromatic rings. The van der Waals surface area contributed by atoms with E-state index < -0.39 is 0 Å². The summed E-state index contributed by atoms with van der Waals surface area (Å²) in [6, 6.07) is 4.22. The fraction of sp³-hybridized carbons (Fsp3) is 0.533. The van der Waals surface area contributed by atoms with Gasteiger partial charge in [0.15, 0.2) is 11.0 Å². The van der Waals surface area contributed by atoms with E-state index in [-0.39, 0.29) is 11.9 Å². The van der Waals surface area contributed by atoms with Gasteiger partial charge in [0.1, 0.15) is 0 Å². The Balaban J connectivity index is 2.00. The number of hydrogen-bond donors (Lipinski definition) is 1. The molecule has 0 unspecified atom stereocenters. The Bertz CT molecular complexity index is 607. The molecule has 0 radical (unpaired) electrons. The van der Waals surface area contributed by atoms with Gasteiger partial charge < -0.3 is 9.88 Å². The molecule has 0 aliphatic rings. The third-order valence-corrected chi connectivity index (χ3v) is 5.33. The highest BCUT2D eigenvalue weighted by Crippen LogP contribution is 2.27. The van der Waals surface area contributed by atoms with Crippen molar-refractivity contribution < 1.29 is 4.79 Å². The summed E-state index contributed by atoms with van der Waals surface area (Å²) in [5.74, 6) is 1.70. The standard InChI is InChI=1S/C15H22N4OS2/c1-5-19-14(12-7-6-8-21-12)17-18-15(19)22-9-13(20)16-11(4)10(2)3/h6-8,10-11H,5,9H2,1-4H3,(H,16,20)/t11-/m1/s1. The average Bonchev–Trinajstić information content (AvgIpc) is 3.13. The van der Waals surface area contributed by atoms with Crippen LogP contribution in [0.15, 0.2) is 22.7 Å². The summed E-state index contributed by atoms with van der Waals surface area (Å²) >= 11 is 3.08. The van der Waals surface area contributed by atoms with E-state index in [2.05, 4.69) is 40.9 Å². The minimum atomic E-state index is 0.0366. The minimum Gasteiger partial charge on any atom is -0.353 e. The van der Waals surface area contributed by atoms with Gasteiger partial charge in [-0.05, 0) is 31.2 Å². The van der Waals surface area contributed by atoms with Gasteiger partial charge in [-0.2, -0.15) is 0 Å². The molecule has 7 heteroatoms. The molecule has 0 saturated carbocycles. The first-order chi connectivity index (χ1) is 10.5. The molecule has 0 fully saturated rings. The SMILES string of the molecule is CCn1c(SCC(=O)N[C@H](C)C(C)C)nnc1-c1cccs1. The number of nitrogens with zero attached hydrogens (tertiary/aromatic N) is 3. The molecular weight excluding hydrogens is 316 g/mol. The Morgan fingerprint density at radius 2 is 2.18 bits per heavy atom. The lowest BCUT2D eigenvalue weighted by Gasteiger charge is -2.17. The molecule has 120 valence electrons. The van der Waals surface area contributed by atoms with E-state index in [1.807, 2.05) is 24.4 Å². The van der Waals surface area contributed by atoms with Crippen LogP contribution in [0.1, 0.15) is 27.7 Å². The van der Waals surface area contributed by atoms with Crippen LogP contribution in [-0.2, 0) is 11.3 Å². The predicted molar refractivity (Wildman–Crippen MR) is 92.2 cm³/mol. The van der Waals surface area contributed by atoms with Gasteiger partial charge in [-0.3, -0.25) is 4.79 Å². The monoisotopic (exact) mass is 338 g/mol. The van der Waals surface area contributed by atoms with Gasteiger partial charge in [-0.1, -0.05) is 31.7 Å². The van der Waals surface area contributed by atoms with Gasteiger partial charge in [-0.25, -0.2) is 0 Å². The third kappa shape index (κ3) is 4.10. The van der Waals surface area contributed by atoms with Crippen LogP contribution in [0.25, 0.3) is 10.7 Å². The summed E-state index contributed by atoms with van der Waals surface area (Å²) in [5, 5.41) is 14.3. The zero-order valence-electron chi connectivity index (χ0n) is 13.4. The van der Waals surface area contributed by atoms with Crippen LogP contribution >= 0.6 is 23.1 Å². The van der Waals surface area contributed by atoms with Gasteiger partial charge in [-0.15, -0.1) is 21.5 Å². The van der Waals surface area contributed by atoms with E-state index in [1.165, 1.54) is 11.8 Å². The topological polar surface area (TPSA) is 59.8 Å². The van der Waals surface area contributed by atoms with Crippen LogP contribution < -0.4 is 5.32 Å². The van der Waals surface area contributed by atoms with Crippen LogP contribution in [0.4, 0.5) is 0 Å². The molecule has 2 aromatic heterocycles. The first kappa shape index (κ1) is 17.0. The molecule has 0 aliphatic carbocycles. The molecule has 5 nitrogen and oxygen atoms in total. The largest absolute Gasteiger partial charge is 0.353 e. The van der Waals surface area contributed by atoms with Crippen molar-refractivity contribution in [2.45, 2.75) is 45.4 Å². The maximum absolute atomic E-state index is 12.0. The second-order valence-corrected chi connectivity index (χ2v) is 7.31. The number of carbonyl (C=O) groups excluding carboxylic acids is 1. The number of thiophene rings is 1. The van der Waals surface area contributed by atoms with E-state index in [4.69, 9.17) is 0 Å². The molecule has 1 amide bonds. The Labute approximate surface area is 139 Å². The number of rotatable bonds is 7. The number of carbonyl (C=O) groups is 1. The van der Waals surface area contributed by atoms with Gasteiger partial charge >= 0.3 is 0 Å². The summed E-state index contributed by atoms with van der Waals surface area (Å²) in [5.41, 5.74) is 0. The van der Waals surface area contributed by atoms with Crippen molar-refractivity contribution in [1.29, 1.82) is 0 Å².